The Morgan fingerprint density at radius 3 is 2.73 bits per heavy atom. The predicted octanol–water partition coefficient (Wildman–Crippen LogP) is 4.72. The van der Waals surface area contributed by atoms with Gasteiger partial charge in [0, 0.05) is 23.1 Å². The molecule has 152 valence electrons. The van der Waals surface area contributed by atoms with Crippen LogP contribution in [0.25, 0.3) is 21.3 Å². The number of aromatic nitrogens is 3. The number of pyridine rings is 2. The normalized spacial score (nSPS) is 12.1. The average Bonchev–Trinajstić information content (AvgIpc) is 3.20. The van der Waals surface area contributed by atoms with E-state index in [0.29, 0.717) is 11.3 Å². The largest absolute Gasteiger partial charge is 0.495 e. The zero-order valence-corrected chi connectivity index (χ0v) is 17.5. The van der Waals surface area contributed by atoms with Gasteiger partial charge in [-0.15, -0.1) is 0 Å². The zero-order valence-electron chi connectivity index (χ0n) is 16.7. The van der Waals surface area contributed by atoms with Crippen LogP contribution in [-0.2, 0) is 0 Å². The average molecular weight is 422 g/mol. The van der Waals surface area contributed by atoms with Crippen molar-refractivity contribution in [2.75, 3.05) is 7.11 Å². The van der Waals surface area contributed by atoms with E-state index in [0.717, 1.165) is 27.0 Å². The molecule has 8 heteroatoms. The number of benzene rings is 1. The highest BCUT2D eigenvalue weighted by Crippen LogP contribution is 2.27. The smallest absolute Gasteiger partial charge is 0.167 e. The Morgan fingerprint density at radius 1 is 1.23 bits per heavy atom. The number of rotatable bonds is 4. The number of halogens is 1. The molecule has 2 N–H and O–H groups in total. The lowest BCUT2D eigenvalue weighted by Gasteiger charge is -2.18. The molecule has 30 heavy (non-hydrogen) atoms. The number of hydrogen-bond donors (Lipinski definition) is 2. The summed E-state index contributed by atoms with van der Waals surface area (Å²) in [6, 6.07) is 10.8. The van der Waals surface area contributed by atoms with Crippen molar-refractivity contribution >= 4 is 28.3 Å². The quantitative estimate of drug-likeness (QED) is 0.369. The van der Waals surface area contributed by atoms with Crippen molar-refractivity contribution in [3.05, 3.63) is 71.4 Å². The van der Waals surface area contributed by atoms with Crippen molar-refractivity contribution in [2.24, 2.45) is 0 Å². The van der Waals surface area contributed by atoms with E-state index in [1.54, 1.807) is 19.5 Å². The Labute approximate surface area is 176 Å². The van der Waals surface area contributed by atoms with Gasteiger partial charge in [0.15, 0.2) is 11.3 Å². The first-order chi connectivity index (χ1) is 14.4. The van der Waals surface area contributed by atoms with E-state index in [-0.39, 0.29) is 17.2 Å². The van der Waals surface area contributed by atoms with Crippen molar-refractivity contribution in [1.82, 2.24) is 13.9 Å². The van der Waals surface area contributed by atoms with Crippen LogP contribution in [-0.4, -0.2) is 26.9 Å². The molecule has 0 bridgehead atoms. The van der Waals surface area contributed by atoms with Gasteiger partial charge in [0.05, 0.1) is 29.4 Å². The highest BCUT2D eigenvalue weighted by Gasteiger charge is 2.17. The number of nitrogens with one attached hydrogen (secondary N) is 2. The maximum absolute atomic E-state index is 14.5. The van der Waals surface area contributed by atoms with E-state index in [4.69, 9.17) is 15.6 Å². The molecule has 3 aromatic heterocycles. The molecule has 0 amide bonds. The molecule has 0 unspecified atom stereocenters. The second-order valence-corrected chi connectivity index (χ2v) is 7.87. The standard InChI is InChI=1S/C22H20FN5OS/c1-12-6-20(30-27-12)16-9-18(23)22(25)28(11-16)21(24)13(2)14-4-5-19-15(7-14)8-17(29-3)10-26-19/h4-11,13,24-25H,1-3H3/t13-/m0/s1. The van der Waals surface area contributed by atoms with Crippen LogP contribution in [0.3, 0.4) is 0 Å². The third-order valence-electron chi connectivity index (χ3n) is 5.02. The molecule has 0 radical (unpaired) electrons. The van der Waals surface area contributed by atoms with Crippen LogP contribution in [0.2, 0.25) is 0 Å². The molecule has 0 saturated heterocycles. The van der Waals surface area contributed by atoms with Crippen LogP contribution < -0.4 is 10.2 Å². The van der Waals surface area contributed by atoms with E-state index in [2.05, 4.69) is 9.36 Å². The van der Waals surface area contributed by atoms with Gasteiger partial charge in [-0.2, -0.15) is 4.37 Å². The lowest BCUT2D eigenvalue weighted by Crippen LogP contribution is -2.31. The number of fused-ring (bicyclic) bond motifs is 1. The molecule has 4 rings (SSSR count). The fraction of sp³-hybridized carbons (Fsp3) is 0.182. The number of hydrogen-bond acceptors (Lipinski definition) is 6. The molecule has 0 aliphatic carbocycles. The summed E-state index contributed by atoms with van der Waals surface area (Å²) in [4.78, 5) is 5.16. The first-order valence-corrected chi connectivity index (χ1v) is 10.1. The molecular formula is C22H20FN5OS. The van der Waals surface area contributed by atoms with Crippen molar-refractivity contribution < 1.29 is 9.13 Å². The van der Waals surface area contributed by atoms with Gasteiger partial charge in [0.1, 0.15) is 11.6 Å². The van der Waals surface area contributed by atoms with Gasteiger partial charge in [-0.3, -0.25) is 20.4 Å². The molecule has 0 fully saturated rings. The fourth-order valence-corrected chi connectivity index (χ4v) is 4.00. The lowest BCUT2D eigenvalue weighted by molar-refractivity contribution is 0.414. The Morgan fingerprint density at radius 2 is 2.03 bits per heavy atom. The molecule has 1 aromatic carbocycles. The van der Waals surface area contributed by atoms with Crippen LogP contribution >= 0.6 is 11.5 Å². The molecule has 0 aliphatic heterocycles. The summed E-state index contributed by atoms with van der Waals surface area (Å²) in [5, 5.41) is 17.7. The Bertz CT molecular complexity index is 1330. The van der Waals surface area contributed by atoms with Gasteiger partial charge in [-0.25, -0.2) is 4.39 Å². The summed E-state index contributed by atoms with van der Waals surface area (Å²) in [7, 11) is 1.59. The van der Waals surface area contributed by atoms with Crippen LogP contribution in [0.4, 0.5) is 4.39 Å². The van der Waals surface area contributed by atoms with Crippen molar-refractivity contribution in [1.29, 1.82) is 10.8 Å². The van der Waals surface area contributed by atoms with Crippen LogP contribution in [0.5, 0.6) is 5.75 Å². The maximum atomic E-state index is 14.5. The van der Waals surface area contributed by atoms with Crippen molar-refractivity contribution in [2.45, 2.75) is 19.8 Å². The summed E-state index contributed by atoms with van der Waals surface area (Å²) in [6.45, 7) is 3.74. The third-order valence-corrected chi connectivity index (χ3v) is 5.95. The minimum atomic E-state index is -0.678. The number of aryl methyl sites for hydroxylation is 1. The molecule has 0 spiro atoms. The predicted molar refractivity (Wildman–Crippen MR) is 116 cm³/mol. The summed E-state index contributed by atoms with van der Waals surface area (Å²) < 4.78 is 25.3. The molecule has 4 aromatic rings. The molecular weight excluding hydrogens is 401 g/mol. The molecule has 0 saturated carbocycles. The zero-order chi connectivity index (χ0) is 21.4. The molecule has 1 atom stereocenters. The summed E-state index contributed by atoms with van der Waals surface area (Å²) in [5.41, 5.74) is 2.79. The molecule has 3 heterocycles. The fourth-order valence-electron chi connectivity index (χ4n) is 3.26. The van der Waals surface area contributed by atoms with Crippen molar-refractivity contribution in [3.8, 4) is 16.2 Å². The Balaban J connectivity index is 1.74. The van der Waals surface area contributed by atoms with Gasteiger partial charge >= 0.3 is 0 Å². The monoisotopic (exact) mass is 421 g/mol. The van der Waals surface area contributed by atoms with Crippen LogP contribution in [0, 0.1) is 23.6 Å². The van der Waals surface area contributed by atoms with Gasteiger partial charge in [-0.05, 0) is 54.4 Å². The third kappa shape index (κ3) is 3.61. The minimum Gasteiger partial charge on any atom is -0.495 e. The lowest BCUT2D eigenvalue weighted by atomic mass is 9.97. The summed E-state index contributed by atoms with van der Waals surface area (Å²) in [6.07, 6.45) is 3.29. The number of methoxy groups -OCH3 is 1. The Hall–Kier alpha value is -3.39. The van der Waals surface area contributed by atoms with Crippen LogP contribution in [0.15, 0.2) is 48.8 Å². The van der Waals surface area contributed by atoms with Gasteiger partial charge in [0.25, 0.3) is 0 Å². The highest BCUT2D eigenvalue weighted by atomic mass is 32.1. The Kier molecular flexibility index (Phi) is 5.17. The van der Waals surface area contributed by atoms with Crippen molar-refractivity contribution in [3.63, 3.8) is 0 Å². The number of ether oxygens (including phenoxy) is 1. The van der Waals surface area contributed by atoms with E-state index in [1.807, 2.05) is 44.2 Å². The van der Waals surface area contributed by atoms with E-state index in [9.17, 15) is 4.39 Å². The van der Waals surface area contributed by atoms with E-state index < -0.39 is 5.82 Å². The maximum Gasteiger partial charge on any atom is 0.167 e. The van der Waals surface area contributed by atoms with E-state index in [1.165, 1.54) is 22.2 Å². The van der Waals surface area contributed by atoms with Crippen LogP contribution in [0.1, 0.15) is 24.1 Å². The highest BCUT2D eigenvalue weighted by molar-refractivity contribution is 7.09. The second-order valence-electron chi connectivity index (χ2n) is 7.06. The summed E-state index contributed by atoms with van der Waals surface area (Å²) in [5.74, 6) is -0.285. The topological polar surface area (TPSA) is 87.6 Å². The minimum absolute atomic E-state index is 0.109. The van der Waals surface area contributed by atoms with E-state index >= 15 is 0 Å². The van der Waals surface area contributed by atoms with Gasteiger partial charge < -0.3 is 4.74 Å². The SMILES string of the molecule is COc1cnc2ccc([C@H](C)C(=N)n3cc(-c4cc(C)ns4)cc(F)c3=N)cc2c1. The number of nitrogens with zero attached hydrogens (tertiary/aromatic N) is 3. The van der Waals surface area contributed by atoms with Gasteiger partial charge in [-0.1, -0.05) is 13.0 Å². The summed E-state index contributed by atoms with van der Waals surface area (Å²) >= 11 is 1.27. The first kappa shape index (κ1) is 19.9. The first-order valence-electron chi connectivity index (χ1n) is 9.30. The second kappa shape index (κ2) is 7.79. The molecule has 0 aliphatic rings. The van der Waals surface area contributed by atoms with Gasteiger partial charge in [0.2, 0.25) is 0 Å². The molecule has 6 nitrogen and oxygen atoms in total.